The molecular weight excluding hydrogens is 346 g/mol. The van der Waals surface area contributed by atoms with Crippen LogP contribution in [-0.4, -0.2) is 43.9 Å². The maximum atomic E-state index is 12.2. The molecule has 1 heterocycles. The van der Waals surface area contributed by atoms with Gasteiger partial charge in [0.15, 0.2) is 0 Å². The van der Waals surface area contributed by atoms with Gasteiger partial charge in [-0.25, -0.2) is 0 Å². The van der Waals surface area contributed by atoms with Crippen LogP contribution in [0.2, 0.25) is 0 Å². The number of nitrogens with one attached hydrogen (secondary N) is 2. The van der Waals surface area contributed by atoms with Crippen LogP contribution in [0, 0.1) is 0 Å². The van der Waals surface area contributed by atoms with Crippen molar-refractivity contribution >= 4 is 35.6 Å². The lowest BCUT2D eigenvalue weighted by atomic mass is 10.1. The van der Waals surface area contributed by atoms with E-state index in [1.807, 2.05) is 30.6 Å². The molecule has 0 aliphatic rings. The summed E-state index contributed by atoms with van der Waals surface area (Å²) in [6, 6.07) is 11.0. The highest BCUT2D eigenvalue weighted by Crippen LogP contribution is 2.10. The Morgan fingerprint density at radius 3 is 2.46 bits per heavy atom. The molecule has 0 spiro atoms. The van der Waals surface area contributed by atoms with Gasteiger partial charge in [0.25, 0.3) is 11.8 Å². The second kappa shape index (κ2) is 10.1. The monoisotopic (exact) mass is 367 g/mol. The maximum absolute atomic E-state index is 12.2. The summed E-state index contributed by atoms with van der Waals surface area (Å²) >= 11 is 1.41. The molecule has 0 aliphatic carbocycles. The number of hydrogen-bond donors (Lipinski definition) is 2. The molecule has 1 aromatic carbocycles. The zero-order chi connectivity index (χ0) is 16.7. The molecule has 0 bridgehead atoms. The Labute approximate surface area is 152 Å². The van der Waals surface area contributed by atoms with Gasteiger partial charge in [-0.1, -0.05) is 18.2 Å². The third kappa shape index (κ3) is 5.63. The summed E-state index contributed by atoms with van der Waals surface area (Å²) in [5.74, 6) is -0.0821. The van der Waals surface area contributed by atoms with Gasteiger partial charge in [-0.15, -0.1) is 23.7 Å². The van der Waals surface area contributed by atoms with Crippen LogP contribution in [0.1, 0.15) is 25.6 Å². The Morgan fingerprint density at radius 2 is 1.88 bits per heavy atom. The number of carbonyl (C=O) groups excluding carboxylic acids is 2. The maximum Gasteiger partial charge on any atom is 0.261 e. The van der Waals surface area contributed by atoms with E-state index in [0.29, 0.717) is 23.5 Å². The first-order valence-electron chi connectivity index (χ1n) is 7.42. The largest absolute Gasteiger partial charge is 0.347 e. The quantitative estimate of drug-likeness (QED) is 0.789. The van der Waals surface area contributed by atoms with Gasteiger partial charge in [-0.3, -0.25) is 9.59 Å². The number of rotatable bonds is 7. The van der Waals surface area contributed by atoms with E-state index in [1.165, 1.54) is 11.3 Å². The lowest BCUT2D eigenvalue weighted by Crippen LogP contribution is -2.32. The minimum absolute atomic E-state index is 0. The predicted molar refractivity (Wildman–Crippen MR) is 100 cm³/mol. The van der Waals surface area contributed by atoms with Gasteiger partial charge in [0.2, 0.25) is 0 Å². The molecule has 0 radical (unpaired) electrons. The third-order valence-corrected chi connectivity index (χ3v) is 4.31. The predicted octanol–water partition coefficient (Wildman–Crippen LogP) is 2.39. The van der Waals surface area contributed by atoms with Gasteiger partial charge in [0.05, 0.1) is 4.88 Å². The van der Waals surface area contributed by atoms with Gasteiger partial charge in [-0.2, -0.15) is 0 Å². The number of likely N-dealkylation sites (N-methyl/N-ethyl adjacent to an activating group) is 2. The topological polar surface area (TPSA) is 61.4 Å². The molecule has 5 nitrogen and oxygen atoms in total. The van der Waals surface area contributed by atoms with E-state index in [1.54, 1.807) is 30.1 Å². The molecule has 0 aliphatic heterocycles. The summed E-state index contributed by atoms with van der Waals surface area (Å²) in [7, 11) is 3.65. The van der Waals surface area contributed by atoms with Crippen molar-refractivity contribution in [1.82, 2.24) is 15.5 Å². The molecule has 1 aromatic heterocycles. The number of carbonyl (C=O) groups is 2. The van der Waals surface area contributed by atoms with E-state index in [2.05, 4.69) is 10.6 Å². The van der Waals surface area contributed by atoms with Gasteiger partial charge in [0.1, 0.15) is 0 Å². The fourth-order valence-corrected chi connectivity index (χ4v) is 2.68. The van der Waals surface area contributed by atoms with Gasteiger partial charge < -0.3 is 15.5 Å². The number of benzene rings is 1. The van der Waals surface area contributed by atoms with Crippen molar-refractivity contribution in [1.29, 1.82) is 0 Å². The van der Waals surface area contributed by atoms with Crippen molar-refractivity contribution in [2.45, 2.75) is 6.54 Å². The van der Waals surface area contributed by atoms with Crippen LogP contribution in [0.15, 0.2) is 41.8 Å². The first-order chi connectivity index (χ1) is 11.1. The second-order valence-electron chi connectivity index (χ2n) is 5.19. The van der Waals surface area contributed by atoms with Gasteiger partial charge in [0, 0.05) is 32.2 Å². The normalized spacial score (nSPS) is 9.92. The zero-order valence-corrected chi connectivity index (χ0v) is 15.4. The molecule has 2 N–H and O–H groups in total. The Bertz CT molecular complexity index is 644. The van der Waals surface area contributed by atoms with Crippen LogP contribution in [0.5, 0.6) is 0 Å². The summed E-state index contributed by atoms with van der Waals surface area (Å²) in [4.78, 5) is 26.5. The minimum atomic E-state index is -0.0769. The molecule has 130 valence electrons. The number of amides is 2. The summed E-state index contributed by atoms with van der Waals surface area (Å²) < 4.78 is 0. The smallest absolute Gasteiger partial charge is 0.261 e. The highest BCUT2D eigenvalue weighted by Gasteiger charge is 2.11. The second-order valence-corrected chi connectivity index (χ2v) is 6.13. The van der Waals surface area contributed by atoms with Crippen molar-refractivity contribution < 1.29 is 9.59 Å². The van der Waals surface area contributed by atoms with Crippen LogP contribution in [0.3, 0.4) is 0 Å². The van der Waals surface area contributed by atoms with Crippen LogP contribution in [0.4, 0.5) is 0 Å². The zero-order valence-electron chi connectivity index (χ0n) is 13.7. The lowest BCUT2D eigenvalue weighted by molar-refractivity contribution is 0.0796. The average Bonchev–Trinajstić information content (AvgIpc) is 3.12. The van der Waals surface area contributed by atoms with E-state index < -0.39 is 0 Å². The molecule has 0 saturated carbocycles. The summed E-state index contributed by atoms with van der Waals surface area (Å²) in [5.41, 5.74) is 1.61. The Kier molecular flexibility index (Phi) is 8.46. The Morgan fingerprint density at radius 1 is 1.17 bits per heavy atom. The van der Waals surface area contributed by atoms with Crippen LogP contribution in [-0.2, 0) is 6.54 Å². The Hall–Kier alpha value is -1.89. The molecule has 0 unspecified atom stereocenters. The number of nitrogens with zero attached hydrogens (tertiary/aromatic N) is 1. The van der Waals surface area contributed by atoms with Crippen LogP contribution >= 0.6 is 23.7 Å². The molecule has 7 heteroatoms. The van der Waals surface area contributed by atoms with E-state index in [-0.39, 0.29) is 24.2 Å². The van der Waals surface area contributed by atoms with E-state index in [0.717, 1.165) is 12.1 Å². The number of halogens is 1. The molecule has 0 fully saturated rings. The average molecular weight is 368 g/mol. The first kappa shape index (κ1) is 20.2. The summed E-state index contributed by atoms with van der Waals surface area (Å²) in [5, 5.41) is 7.76. The molecule has 24 heavy (non-hydrogen) atoms. The van der Waals surface area contributed by atoms with E-state index in [9.17, 15) is 9.59 Å². The third-order valence-electron chi connectivity index (χ3n) is 3.44. The first-order valence-corrected chi connectivity index (χ1v) is 8.30. The number of hydrogen-bond acceptors (Lipinski definition) is 4. The molecule has 0 saturated heterocycles. The van der Waals surface area contributed by atoms with Crippen molar-refractivity contribution in [3.63, 3.8) is 0 Å². The summed E-state index contributed by atoms with van der Waals surface area (Å²) in [6.45, 7) is 1.86. The fourth-order valence-electron chi connectivity index (χ4n) is 2.04. The molecule has 0 atom stereocenters. The summed E-state index contributed by atoms with van der Waals surface area (Å²) in [6.07, 6.45) is 0. The Balaban J connectivity index is 0.00000288. The van der Waals surface area contributed by atoms with Crippen molar-refractivity contribution in [2.75, 3.05) is 27.2 Å². The molecule has 2 aromatic rings. The van der Waals surface area contributed by atoms with E-state index in [4.69, 9.17) is 0 Å². The van der Waals surface area contributed by atoms with Gasteiger partial charge >= 0.3 is 0 Å². The van der Waals surface area contributed by atoms with E-state index >= 15 is 0 Å². The SMILES string of the molecule is CNCCN(C)C(=O)c1ccc(CNC(=O)c2cccs2)cc1.Cl. The van der Waals surface area contributed by atoms with Gasteiger partial charge in [-0.05, 0) is 36.2 Å². The highest BCUT2D eigenvalue weighted by atomic mass is 35.5. The van der Waals surface area contributed by atoms with Crippen molar-refractivity contribution in [3.05, 3.63) is 57.8 Å². The standard InChI is InChI=1S/C17H21N3O2S.ClH/c1-18-9-10-20(2)17(22)14-7-5-13(6-8-14)12-19-16(21)15-4-3-11-23-15;/h3-8,11,18H,9-10,12H2,1-2H3,(H,19,21);1H. The molecule has 2 amide bonds. The minimum Gasteiger partial charge on any atom is -0.347 e. The van der Waals surface area contributed by atoms with Crippen LogP contribution in [0.25, 0.3) is 0 Å². The van der Waals surface area contributed by atoms with Crippen molar-refractivity contribution in [3.8, 4) is 0 Å². The highest BCUT2D eigenvalue weighted by molar-refractivity contribution is 7.12. The fraction of sp³-hybridized carbons (Fsp3) is 0.294. The molecule has 2 rings (SSSR count). The molecular formula is C17H22ClN3O2S. The van der Waals surface area contributed by atoms with Crippen molar-refractivity contribution in [2.24, 2.45) is 0 Å². The number of thiophene rings is 1. The van der Waals surface area contributed by atoms with Crippen LogP contribution < -0.4 is 10.6 Å². The lowest BCUT2D eigenvalue weighted by Gasteiger charge is -2.17.